The summed E-state index contributed by atoms with van der Waals surface area (Å²) in [6, 6.07) is 0. The molecule has 0 aromatic carbocycles. The Kier molecular flexibility index (Phi) is 1.89. The quantitative estimate of drug-likeness (QED) is 0.565. The molecular weight excluding hydrogens is 112 g/mol. The largest absolute Gasteiger partial charge is 0.299 e. The van der Waals surface area contributed by atoms with Gasteiger partial charge in [0.25, 0.3) is 0 Å². The molecule has 0 aliphatic heterocycles. The first-order valence-electron chi connectivity index (χ1n) is 3.79. The summed E-state index contributed by atoms with van der Waals surface area (Å²) in [5.41, 5.74) is 0. The van der Waals surface area contributed by atoms with E-state index in [1.807, 2.05) is 6.92 Å². The van der Waals surface area contributed by atoms with Crippen LogP contribution in [-0.2, 0) is 4.79 Å². The molecule has 1 fully saturated rings. The number of hydrogen-bond acceptors (Lipinski definition) is 1. The van der Waals surface area contributed by atoms with Crippen molar-refractivity contribution < 1.29 is 4.79 Å². The molecule has 0 amide bonds. The topological polar surface area (TPSA) is 17.1 Å². The van der Waals surface area contributed by atoms with Gasteiger partial charge in [0.15, 0.2) is 0 Å². The number of Topliss-reactive ketones (excluding diaryl/α,β-unsaturated/α-hetero) is 1. The number of ketones is 1. The summed E-state index contributed by atoms with van der Waals surface area (Å²) in [6.45, 7) is 4.10. The van der Waals surface area contributed by atoms with Crippen LogP contribution in [0.5, 0.6) is 0 Å². The highest BCUT2D eigenvalue weighted by Gasteiger charge is 2.31. The molecule has 0 spiro atoms. The molecule has 9 heavy (non-hydrogen) atoms. The second-order valence-electron chi connectivity index (χ2n) is 2.99. The van der Waals surface area contributed by atoms with E-state index in [0.29, 0.717) is 17.6 Å². The van der Waals surface area contributed by atoms with Crippen molar-refractivity contribution in [3.8, 4) is 0 Å². The van der Waals surface area contributed by atoms with Gasteiger partial charge in [-0.15, -0.1) is 0 Å². The molecule has 1 unspecified atom stereocenters. The lowest BCUT2D eigenvalue weighted by Gasteiger charge is -2.03. The Hall–Kier alpha value is -0.330. The monoisotopic (exact) mass is 126 g/mol. The van der Waals surface area contributed by atoms with E-state index in [1.54, 1.807) is 0 Å². The lowest BCUT2D eigenvalue weighted by atomic mass is 10.0. The third kappa shape index (κ3) is 1.54. The summed E-state index contributed by atoms with van der Waals surface area (Å²) in [5, 5.41) is 0. The molecule has 0 aromatic rings. The van der Waals surface area contributed by atoms with Gasteiger partial charge in [0.2, 0.25) is 0 Å². The first kappa shape index (κ1) is 6.79. The maximum atomic E-state index is 11.1. The van der Waals surface area contributed by atoms with Crippen LogP contribution in [0.3, 0.4) is 0 Å². The highest BCUT2D eigenvalue weighted by molar-refractivity contribution is 5.85. The van der Waals surface area contributed by atoms with Crippen LogP contribution in [0.4, 0.5) is 0 Å². The van der Waals surface area contributed by atoms with Crippen molar-refractivity contribution in [2.45, 2.75) is 33.1 Å². The van der Waals surface area contributed by atoms with Crippen molar-refractivity contribution >= 4 is 5.78 Å². The number of rotatable bonds is 3. The van der Waals surface area contributed by atoms with Gasteiger partial charge in [-0.05, 0) is 19.3 Å². The second-order valence-corrected chi connectivity index (χ2v) is 2.99. The Bertz CT molecular complexity index is 114. The molecule has 0 heterocycles. The maximum Gasteiger partial charge on any atom is 0.138 e. The van der Waals surface area contributed by atoms with Gasteiger partial charge < -0.3 is 0 Å². The molecule has 1 atom stereocenters. The fourth-order valence-corrected chi connectivity index (χ4v) is 0.971. The second kappa shape index (κ2) is 2.51. The van der Waals surface area contributed by atoms with Crippen molar-refractivity contribution in [3.63, 3.8) is 0 Å². The molecule has 0 aromatic heterocycles. The number of carbonyl (C=O) groups is 1. The molecule has 0 radical (unpaired) electrons. The summed E-state index contributed by atoms with van der Waals surface area (Å²) in [7, 11) is 0. The van der Waals surface area contributed by atoms with Crippen LogP contribution in [0.25, 0.3) is 0 Å². The van der Waals surface area contributed by atoms with E-state index < -0.39 is 0 Å². The summed E-state index contributed by atoms with van der Waals surface area (Å²) < 4.78 is 0. The van der Waals surface area contributed by atoms with Crippen molar-refractivity contribution in [2.24, 2.45) is 11.8 Å². The minimum atomic E-state index is 0.317. The van der Waals surface area contributed by atoms with Gasteiger partial charge in [0, 0.05) is 11.8 Å². The van der Waals surface area contributed by atoms with Gasteiger partial charge in [-0.25, -0.2) is 0 Å². The third-order valence-electron chi connectivity index (χ3n) is 2.08. The van der Waals surface area contributed by atoms with Crippen molar-refractivity contribution in [1.82, 2.24) is 0 Å². The Morgan fingerprint density at radius 1 is 1.67 bits per heavy atom. The SMILES string of the molecule is CCC(C)C(=O)C1CC1. The molecule has 52 valence electrons. The zero-order valence-corrected chi connectivity index (χ0v) is 6.18. The third-order valence-corrected chi connectivity index (χ3v) is 2.08. The highest BCUT2D eigenvalue weighted by Crippen LogP contribution is 2.32. The zero-order valence-electron chi connectivity index (χ0n) is 6.18. The smallest absolute Gasteiger partial charge is 0.138 e. The summed E-state index contributed by atoms with van der Waals surface area (Å²) in [4.78, 5) is 11.1. The Balaban J connectivity index is 2.31. The van der Waals surface area contributed by atoms with Gasteiger partial charge in [-0.2, -0.15) is 0 Å². The molecule has 1 aliphatic rings. The predicted molar refractivity (Wildman–Crippen MR) is 37.2 cm³/mol. The Morgan fingerprint density at radius 2 is 2.22 bits per heavy atom. The van der Waals surface area contributed by atoms with E-state index in [0.717, 1.165) is 19.3 Å². The summed E-state index contributed by atoms with van der Waals surface area (Å²) in [5.74, 6) is 1.27. The first-order valence-corrected chi connectivity index (χ1v) is 3.79. The average Bonchev–Trinajstić information content (AvgIpc) is 2.66. The van der Waals surface area contributed by atoms with Gasteiger partial charge in [-0.1, -0.05) is 13.8 Å². The van der Waals surface area contributed by atoms with E-state index in [9.17, 15) is 4.79 Å². The van der Waals surface area contributed by atoms with E-state index in [4.69, 9.17) is 0 Å². The van der Waals surface area contributed by atoms with Crippen LogP contribution in [-0.4, -0.2) is 5.78 Å². The van der Waals surface area contributed by atoms with Crippen LogP contribution >= 0.6 is 0 Å². The average molecular weight is 126 g/mol. The van der Waals surface area contributed by atoms with Gasteiger partial charge in [0.05, 0.1) is 0 Å². The molecule has 1 aliphatic carbocycles. The van der Waals surface area contributed by atoms with Gasteiger partial charge in [0.1, 0.15) is 5.78 Å². The summed E-state index contributed by atoms with van der Waals surface area (Å²) >= 11 is 0. The van der Waals surface area contributed by atoms with Crippen LogP contribution in [0.15, 0.2) is 0 Å². The molecule has 1 nitrogen and oxygen atoms in total. The molecule has 0 bridgehead atoms. The molecule has 0 N–H and O–H groups in total. The zero-order chi connectivity index (χ0) is 6.85. The Labute approximate surface area is 56.4 Å². The van der Waals surface area contributed by atoms with Crippen molar-refractivity contribution in [3.05, 3.63) is 0 Å². The van der Waals surface area contributed by atoms with Crippen LogP contribution in [0.1, 0.15) is 33.1 Å². The lowest BCUT2D eigenvalue weighted by molar-refractivity contribution is -0.123. The predicted octanol–water partition coefficient (Wildman–Crippen LogP) is 2.01. The standard InChI is InChI=1S/C8H14O/c1-3-6(2)8(9)7-4-5-7/h6-7H,3-5H2,1-2H3. The lowest BCUT2D eigenvalue weighted by Crippen LogP contribution is -2.11. The minimum absolute atomic E-state index is 0.317. The first-order chi connectivity index (χ1) is 4.25. The minimum Gasteiger partial charge on any atom is -0.299 e. The van der Waals surface area contributed by atoms with E-state index >= 15 is 0 Å². The molecule has 0 saturated heterocycles. The van der Waals surface area contributed by atoms with Crippen LogP contribution in [0, 0.1) is 11.8 Å². The van der Waals surface area contributed by atoms with E-state index in [1.165, 1.54) is 0 Å². The maximum absolute atomic E-state index is 11.1. The fourth-order valence-electron chi connectivity index (χ4n) is 0.971. The van der Waals surface area contributed by atoms with E-state index in [2.05, 4.69) is 6.92 Å². The van der Waals surface area contributed by atoms with Gasteiger partial charge >= 0.3 is 0 Å². The summed E-state index contributed by atoms with van der Waals surface area (Å²) in [6.07, 6.45) is 3.32. The number of hydrogen-bond donors (Lipinski definition) is 0. The Morgan fingerprint density at radius 3 is 2.56 bits per heavy atom. The van der Waals surface area contributed by atoms with Crippen molar-refractivity contribution in [1.29, 1.82) is 0 Å². The normalized spacial score (nSPS) is 21.6. The van der Waals surface area contributed by atoms with Crippen molar-refractivity contribution in [2.75, 3.05) is 0 Å². The van der Waals surface area contributed by atoms with E-state index in [-0.39, 0.29) is 0 Å². The van der Waals surface area contributed by atoms with Crippen LogP contribution in [0.2, 0.25) is 0 Å². The molecule has 1 saturated carbocycles. The fraction of sp³-hybridized carbons (Fsp3) is 0.875. The number of carbonyl (C=O) groups excluding carboxylic acids is 1. The highest BCUT2D eigenvalue weighted by atomic mass is 16.1. The molecule has 1 heteroatoms. The van der Waals surface area contributed by atoms with Crippen LogP contribution < -0.4 is 0 Å². The molecular formula is C8H14O. The van der Waals surface area contributed by atoms with Gasteiger partial charge in [-0.3, -0.25) is 4.79 Å². The molecule has 1 rings (SSSR count).